The van der Waals surface area contributed by atoms with Gasteiger partial charge in [0.2, 0.25) is 5.82 Å². The van der Waals surface area contributed by atoms with Crippen molar-refractivity contribution in [3.05, 3.63) is 53.9 Å². The second-order valence-electron chi connectivity index (χ2n) is 3.42. The average Bonchev–Trinajstić information content (AvgIpc) is 2.77. The van der Waals surface area contributed by atoms with Gasteiger partial charge in [0.1, 0.15) is 11.9 Å². The standard InChI is InChI=1S/C12H8FN3O/c13-10-3-1-9(2-4-10)11(17)8-16-6-5-15-12(16)7-14/h1-6H,8H2. The topological polar surface area (TPSA) is 58.7 Å². The Morgan fingerprint density at radius 1 is 1.41 bits per heavy atom. The number of imidazole rings is 1. The SMILES string of the molecule is N#Cc1nccn1CC(=O)c1ccc(F)cc1. The Morgan fingerprint density at radius 3 is 2.76 bits per heavy atom. The van der Waals surface area contributed by atoms with E-state index < -0.39 is 0 Å². The summed E-state index contributed by atoms with van der Waals surface area (Å²) in [6, 6.07) is 7.17. The summed E-state index contributed by atoms with van der Waals surface area (Å²) in [7, 11) is 0. The van der Waals surface area contributed by atoms with Crippen LogP contribution in [-0.2, 0) is 6.54 Å². The van der Waals surface area contributed by atoms with Crippen LogP contribution >= 0.6 is 0 Å². The molecule has 0 aliphatic carbocycles. The summed E-state index contributed by atoms with van der Waals surface area (Å²) in [6.45, 7) is 0.0223. The maximum Gasteiger partial charge on any atom is 0.213 e. The Balaban J connectivity index is 2.18. The molecule has 0 N–H and O–H groups in total. The molecule has 0 bridgehead atoms. The zero-order valence-corrected chi connectivity index (χ0v) is 8.80. The lowest BCUT2D eigenvalue weighted by Crippen LogP contribution is -2.11. The van der Waals surface area contributed by atoms with Crippen molar-refractivity contribution in [1.82, 2.24) is 9.55 Å². The first-order chi connectivity index (χ1) is 8.20. The fraction of sp³-hybridized carbons (Fsp3) is 0.0833. The van der Waals surface area contributed by atoms with Crippen LogP contribution in [0.4, 0.5) is 4.39 Å². The van der Waals surface area contributed by atoms with Gasteiger partial charge in [0.05, 0.1) is 6.54 Å². The summed E-state index contributed by atoms with van der Waals surface area (Å²) in [6.07, 6.45) is 3.01. The second-order valence-corrected chi connectivity index (χ2v) is 3.42. The van der Waals surface area contributed by atoms with Crippen molar-refractivity contribution < 1.29 is 9.18 Å². The Labute approximate surface area is 96.9 Å². The molecule has 0 amide bonds. The number of carbonyl (C=O) groups is 1. The van der Waals surface area contributed by atoms with E-state index in [0.717, 1.165) is 0 Å². The van der Waals surface area contributed by atoms with Crippen LogP contribution in [0.2, 0.25) is 0 Å². The van der Waals surface area contributed by atoms with Crippen molar-refractivity contribution >= 4 is 5.78 Å². The van der Waals surface area contributed by atoms with Gasteiger partial charge in [0.15, 0.2) is 5.78 Å². The highest BCUT2D eigenvalue weighted by Gasteiger charge is 2.09. The van der Waals surface area contributed by atoms with E-state index in [2.05, 4.69) is 4.98 Å². The largest absolute Gasteiger partial charge is 0.315 e. The lowest BCUT2D eigenvalue weighted by Gasteiger charge is -2.03. The number of rotatable bonds is 3. The molecule has 84 valence electrons. The van der Waals surface area contributed by atoms with E-state index in [1.165, 1.54) is 35.0 Å². The second kappa shape index (κ2) is 4.58. The molecule has 17 heavy (non-hydrogen) atoms. The molecule has 1 heterocycles. The predicted molar refractivity (Wildman–Crippen MR) is 57.7 cm³/mol. The van der Waals surface area contributed by atoms with E-state index in [9.17, 15) is 9.18 Å². The van der Waals surface area contributed by atoms with Crippen molar-refractivity contribution in [1.29, 1.82) is 5.26 Å². The molecule has 1 aromatic carbocycles. The van der Waals surface area contributed by atoms with Crippen molar-refractivity contribution in [2.75, 3.05) is 0 Å². The van der Waals surface area contributed by atoms with Gasteiger partial charge in [-0.25, -0.2) is 9.37 Å². The minimum Gasteiger partial charge on any atom is -0.315 e. The van der Waals surface area contributed by atoms with E-state index in [4.69, 9.17) is 5.26 Å². The number of hydrogen-bond donors (Lipinski definition) is 0. The van der Waals surface area contributed by atoms with Crippen LogP contribution in [-0.4, -0.2) is 15.3 Å². The van der Waals surface area contributed by atoms with Gasteiger partial charge in [-0.1, -0.05) is 0 Å². The number of aromatic nitrogens is 2. The minimum atomic E-state index is -0.387. The van der Waals surface area contributed by atoms with Crippen molar-refractivity contribution in [2.45, 2.75) is 6.54 Å². The van der Waals surface area contributed by atoms with Crippen LogP contribution in [0.3, 0.4) is 0 Å². The molecule has 0 fully saturated rings. The fourth-order valence-corrected chi connectivity index (χ4v) is 1.43. The quantitative estimate of drug-likeness (QED) is 0.754. The molecule has 4 nitrogen and oxygen atoms in total. The highest BCUT2D eigenvalue weighted by atomic mass is 19.1. The maximum atomic E-state index is 12.7. The van der Waals surface area contributed by atoms with E-state index in [1.807, 2.05) is 6.07 Å². The Bertz CT molecular complexity index is 581. The third kappa shape index (κ3) is 2.37. The van der Waals surface area contributed by atoms with Gasteiger partial charge in [-0.3, -0.25) is 4.79 Å². The zero-order chi connectivity index (χ0) is 12.3. The summed E-state index contributed by atoms with van der Waals surface area (Å²) in [4.78, 5) is 15.6. The first-order valence-corrected chi connectivity index (χ1v) is 4.90. The number of carbonyl (C=O) groups excluding carboxylic acids is 1. The smallest absolute Gasteiger partial charge is 0.213 e. The maximum absolute atomic E-state index is 12.7. The van der Waals surface area contributed by atoms with Crippen molar-refractivity contribution in [3.63, 3.8) is 0 Å². The summed E-state index contributed by atoms with van der Waals surface area (Å²) < 4.78 is 14.1. The molecule has 0 spiro atoms. The van der Waals surface area contributed by atoms with E-state index in [1.54, 1.807) is 6.20 Å². The highest BCUT2D eigenvalue weighted by molar-refractivity contribution is 5.95. The molecular formula is C12H8FN3O. The summed E-state index contributed by atoms with van der Waals surface area (Å²) >= 11 is 0. The van der Waals surface area contributed by atoms with Crippen LogP contribution < -0.4 is 0 Å². The van der Waals surface area contributed by atoms with Crippen LogP contribution in [0.5, 0.6) is 0 Å². The van der Waals surface area contributed by atoms with Gasteiger partial charge in [0, 0.05) is 18.0 Å². The van der Waals surface area contributed by atoms with Gasteiger partial charge in [-0.05, 0) is 24.3 Å². The molecule has 0 saturated carbocycles. The first kappa shape index (κ1) is 11.0. The van der Waals surface area contributed by atoms with Gasteiger partial charge >= 0.3 is 0 Å². The summed E-state index contributed by atoms with van der Waals surface area (Å²) in [5, 5.41) is 8.73. The molecular weight excluding hydrogens is 221 g/mol. The highest BCUT2D eigenvalue weighted by Crippen LogP contribution is 2.06. The lowest BCUT2D eigenvalue weighted by molar-refractivity contribution is 0.0971. The van der Waals surface area contributed by atoms with E-state index in [0.29, 0.717) is 5.56 Å². The van der Waals surface area contributed by atoms with Gasteiger partial charge in [-0.15, -0.1) is 0 Å². The molecule has 0 radical (unpaired) electrons. The van der Waals surface area contributed by atoms with Gasteiger partial charge < -0.3 is 4.57 Å². The van der Waals surface area contributed by atoms with E-state index >= 15 is 0 Å². The van der Waals surface area contributed by atoms with Crippen LogP contribution in [0.1, 0.15) is 16.2 Å². The average molecular weight is 229 g/mol. The zero-order valence-electron chi connectivity index (χ0n) is 8.80. The van der Waals surface area contributed by atoms with Gasteiger partial charge in [0.25, 0.3) is 0 Å². The lowest BCUT2D eigenvalue weighted by atomic mass is 10.1. The number of Topliss-reactive ketones (excluding diaryl/α,β-unsaturated/α-hetero) is 1. The molecule has 0 aliphatic rings. The normalized spacial score (nSPS) is 9.88. The molecule has 2 rings (SSSR count). The van der Waals surface area contributed by atoms with Crippen LogP contribution in [0.15, 0.2) is 36.7 Å². The summed E-state index contributed by atoms with van der Waals surface area (Å²) in [5.74, 6) is -0.401. The van der Waals surface area contributed by atoms with Crippen LogP contribution in [0.25, 0.3) is 0 Å². The Hall–Kier alpha value is -2.48. The Kier molecular flexibility index (Phi) is 2.97. The molecule has 0 unspecified atom stereocenters. The molecule has 1 aromatic heterocycles. The minimum absolute atomic E-state index is 0.0223. The third-order valence-electron chi connectivity index (χ3n) is 2.30. The number of ketones is 1. The molecule has 2 aromatic rings. The first-order valence-electron chi connectivity index (χ1n) is 4.90. The fourth-order valence-electron chi connectivity index (χ4n) is 1.43. The van der Waals surface area contributed by atoms with Crippen molar-refractivity contribution in [2.24, 2.45) is 0 Å². The van der Waals surface area contributed by atoms with Crippen LogP contribution in [0, 0.1) is 17.1 Å². The van der Waals surface area contributed by atoms with E-state index in [-0.39, 0.29) is 24.0 Å². The Morgan fingerprint density at radius 2 is 2.12 bits per heavy atom. The molecule has 5 heteroatoms. The van der Waals surface area contributed by atoms with Crippen molar-refractivity contribution in [3.8, 4) is 6.07 Å². The van der Waals surface area contributed by atoms with Gasteiger partial charge in [-0.2, -0.15) is 5.26 Å². The number of hydrogen-bond acceptors (Lipinski definition) is 3. The number of nitriles is 1. The number of halogens is 1. The number of benzene rings is 1. The summed E-state index contributed by atoms with van der Waals surface area (Å²) in [5.41, 5.74) is 0.406. The molecule has 0 atom stereocenters. The third-order valence-corrected chi connectivity index (χ3v) is 2.30. The number of nitrogens with zero attached hydrogens (tertiary/aromatic N) is 3. The monoisotopic (exact) mass is 229 g/mol. The predicted octanol–water partition coefficient (Wildman–Crippen LogP) is 1.78. The molecule has 0 saturated heterocycles. The molecule has 0 aliphatic heterocycles.